The van der Waals surface area contributed by atoms with Crippen molar-refractivity contribution < 1.29 is 40.7 Å². The van der Waals surface area contributed by atoms with Gasteiger partial charge in [-0.15, -0.1) is 0 Å². The van der Waals surface area contributed by atoms with E-state index >= 15 is 0 Å². The quantitative estimate of drug-likeness (QED) is 0.604. The first-order chi connectivity index (χ1) is 11.0. The van der Waals surface area contributed by atoms with Crippen LogP contribution in [0.4, 0.5) is 17.6 Å². The topological polar surface area (TPSA) is 113 Å². The van der Waals surface area contributed by atoms with Crippen molar-refractivity contribution in [3.8, 4) is 0 Å². The maximum Gasteiger partial charge on any atom is 0.416 e. The molecule has 1 aromatic rings. The van der Waals surface area contributed by atoms with Crippen molar-refractivity contribution in [2.24, 2.45) is 0 Å². The van der Waals surface area contributed by atoms with Crippen molar-refractivity contribution in [3.63, 3.8) is 0 Å². The second-order valence-electron chi connectivity index (χ2n) is 4.46. The van der Waals surface area contributed by atoms with Gasteiger partial charge in [-0.3, -0.25) is 4.79 Å². The Labute approximate surface area is 133 Å². The molecule has 1 aromatic carbocycles. The third-order valence-electron chi connectivity index (χ3n) is 2.68. The predicted octanol–water partition coefficient (Wildman–Crippen LogP) is 0.523. The number of carboxylic acid groups (broad SMARTS) is 1. The highest BCUT2D eigenvalue weighted by atomic mass is 32.2. The molecule has 0 spiro atoms. The second kappa shape index (κ2) is 7.57. The molecular formula is C12H12F4N2O5S. The van der Waals surface area contributed by atoms with E-state index in [2.05, 4.69) is 0 Å². The number of hydrogen-bond donors (Lipinski definition) is 3. The van der Waals surface area contributed by atoms with Crippen molar-refractivity contribution in [2.45, 2.75) is 17.1 Å². The molecule has 0 fully saturated rings. The molecule has 0 aliphatic heterocycles. The van der Waals surface area contributed by atoms with Gasteiger partial charge in [0.25, 0.3) is 0 Å². The average molecular weight is 372 g/mol. The van der Waals surface area contributed by atoms with Crippen LogP contribution in [0.1, 0.15) is 5.56 Å². The summed E-state index contributed by atoms with van der Waals surface area (Å²) in [5.41, 5.74) is -1.20. The number of benzene rings is 1. The van der Waals surface area contributed by atoms with Crippen molar-refractivity contribution >= 4 is 21.9 Å². The molecule has 0 radical (unpaired) electrons. The average Bonchev–Trinajstić information content (AvgIpc) is 2.49. The third kappa shape index (κ3) is 5.45. The molecule has 1 unspecified atom stereocenters. The second-order valence-corrected chi connectivity index (χ2v) is 6.23. The lowest BCUT2D eigenvalue weighted by molar-refractivity contribution is -0.142. The van der Waals surface area contributed by atoms with Crippen LogP contribution in [0.25, 0.3) is 0 Å². The molecule has 134 valence electrons. The molecule has 12 heteroatoms. The maximum atomic E-state index is 12.6. The fourth-order valence-electron chi connectivity index (χ4n) is 1.50. The van der Waals surface area contributed by atoms with E-state index in [0.717, 1.165) is 12.1 Å². The Kier molecular flexibility index (Phi) is 6.26. The summed E-state index contributed by atoms with van der Waals surface area (Å²) < 4.78 is 75.4. The largest absolute Gasteiger partial charge is 0.480 e. The highest BCUT2D eigenvalue weighted by Gasteiger charge is 2.31. The van der Waals surface area contributed by atoms with E-state index < -0.39 is 57.8 Å². The molecular weight excluding hydrogens is 360 g/mol. The summed E-state index contributed by atoms with van der Waals surface area (Å²) in [5.74, 6) is -2.82. The SMILES string of the molecule is O=C(CNS(=O)(=O)c1cccc(C(F)(F)F)c1)NC(CF)C(=O)O. The zero-order valence-corrected chi connectivity index (χ0v) is 12.6. The highest BCUT2D eigenvalue weighted by molar-refractivity contribution is 7.89. The molecule has 0 aliphatic rings. The van der Waals surface area contributed by atoms with Gasteiger partial charge in [0.15, 0.2) is 6.04 Å². The van der Waals surface area contributed by atoms with Gasteiger partial charge in [0.1, 0.15) is 6.67 Å². The van der Waals surface area contributed by atoms with E-state index in [0.29, 0.717) is 12.1 Å². The Balaban J connectivity index is 2.81. The number of carboxylic acids is 1. The van der Waals surface area contributed by atoms with E-state index in [9.17, 15) is 35.6 Å². The fourth-order valence-corrected chi connectivity index (χ4v) is 2.52. The lowest BCUT2D eigenvalue weighted by Gasteiger charge is -2.12. The number of hydrogen-bond acceptors (Lipinski definition) is 4. The Morgan fingerprint density at radius 1 is 1.25 bits per heavy atom. The number of aliphatic carboxylic acids is 1. The fraction of sp³-hybridized carbons (Fsp3) is 0.333. The van der Waals surface area contributed by atoms with Crippen LogP contribution in [0.5, 0.6) is 0 Å². The summed E-state index contributed by atoms with van der Waals surface area (Å²) in [6.07, 6.45) is -4.75. The Bertz CT molecular complexity index is 720. The first kappa shape index (κ1) is 19.8. The smallest absolute Gasteiger partial charge is 0.416 e. The molecule has 1 amide bonds. The minimum absolute atomic E-state index is 0.377. The molecule has 0 aliphatic carbocycles. The van der Waals surface area contributed by atoms with Crippen molar-refractivity contribution in [2.75, 3.05) is 13.2 Å². The predicted molar refractivity (Wildman–Crippen MR) is 72.2 cm³/mol. The van der Waals surface area contributed by atoms with Crippen LogP contribution in [-0.2, 0) is 25.8 Å². The van der Waals surface area contributed by atoms with Gasteiger partial charge in [-0.05, 0) is 18.2 Å². The minimum Gasteiger partial charge on any atom is -0.480 e. The lowest BCUT2D eigenvalue weighted by atomic mass is 10.2. The van der Waals surface area contributed by atoms with Gasteiger partial charge >= 0.3 is 12.1 Å². The number of sulfonamides is 1. The molecule has 24 heavy (non-hydrogen) atoms. The number of amides is 1. The van der Waals surface area contributed by atoms with E-state index in [-0.39, 0.29) is 0 Å². The summed E-state index contributed by atoms with van der Waals surface area (Å²) in [6, 6.07) is 0.959. The zero-order chi connectivity index (χ0) is 18.5. The van der Waals surface area contributed by atoms with Crippen LogP contribution in [0.3, 0.4) is 0 Å². The molecule has 0 aromatic heterocycles. The van der Waals surface area contributed by atoms with Gasteiger partial charge in [0.05, 0.1) is 17.0 Å². The van der Waals surface area contributed by atoms with Crippen LogP contribution in [0.2, 0.25) is 0 Å². The van der Waals surface area contributed by atoms with Crippen LogP contribution < -0.4 is 10.0 Å². The molecule has 0 saturated heterocycles. The standard InChI is InChI=1S/C12H12F4N2O5S/c13-5-9(11(20)21)18-10(19)6-17-24(22,23)8-3-1-2-7(4-8)12(14,15)16/h1-4,9,17H,5-6H2,(H,18,19)(H,20,21). The Morgan fingerprint density at radius 2 is 1.88 bits per heavy atom. The molecule has 0 saturated carbocycles. The van der Waals surface area contributed by atoms with Gasteiger partial charge in [0, 0.05) is 0 Å². The summed E-state index contributed by atoms with van der Waals surface area (Å²) >= 11 is 0. The number of carbonyl (C=O) groups is 2. The van der Waals surface area contributed by atoms with Crippen LogP contribution in [0.15, 0.2) is 29.2 Å². The first-order valence-electron chi connectivity index (χ1n) is 6.22. The normalized spacial score (nSPS) is 13.3. The Morgan fingerprint density at radius 3 is 2.38 bits per heavy atom. The van der Waals surface area contributed by atoms with Gasteiger partial charge in [-0.25, -0.2) is 22.3 Å². The van der Waals surface area contributed by atoms with Gasteiger partial charge in [-0.2, -0.15) is 13.2 Å². The van der Waals surface area contributed by atoms with Crippen molar-refractivity contribution in [1.82, 2.24) is 10.0 Å². The van der Waals surface area contributed by atoms with Crippen LogP contribution in [-0.4, -0.2) is 44.7 Å². The third-order valence-corrected chi connectivity index (χ3v) is 4.08. The number of rotatable bonds is 7. The van der Waals surface area contributed by atoms with E-state index in [1.165, 1.54) is 0 Å². The number of carbonyl (C=O) groups excluding carboxylic acids is 1. The van der Waals surface area contributed by atoms with Gasteiger partial charge < -0.3 is 10.4 Å². The Hall–Kier alpha value is -2.21. The lowest BCUT2D eigenvalue weighted by Crippen LogP contribution is -2.46. The number of alkyl halides is 4. The molecule has 0 bridgehead atoms. The molecule has 7 nitrogen and oxygen atoms in total. The first-order valence-corrected chi connectivity index (χ1v) is 7.70. The van der Waals surface area contributed by atoms with Crippen LogP contribution >= 0.6 is 0 Å². The number of nitrogens with one attached hydrogen (secondary N) is 2. The summed E-state index contributed by atoms with van der Waals surface area (Å²) in [7, 11) is -4.45. The minimum atomic E-state index is -4.75. The molecule has 3 N–H and O–H groups in total. The van der Waals surface area contributed by atoms with E-state index in [4.69, 9.17) is 5.11 Å². The maximum absolute atomic E-state index is 12.6. The summed E-state index contributed by atoms with van der Waals surface area (Å²) in [6.45, 7) is -2.39. The van der Waals surface area contributed by atoms with Crippen LogP contribution in [0, 0.1) is 0 Å². The van der Waals surface area contributed by atoms with Crippen molar-refractivity contribution in [1.29, 1.82) is 0 Å². The number of halogens is 4. The summed E-state index contributed by atoms with van der Waals surface area (Å²) in [5, 5.41) is 10.2. The molecule has 1 rings (SSSR count). The highest BCUT2D eigenvalue weighted by Crippen LogP contribution is 2.30. The van der Waals surface area contributed by atoms with E-state index in [1.807, 2.05) is 0 Å². The van der Waals surface area contributed by atoms with Gasteiger partial charge in [-0.1, -0.05) is 6.07 Å². The van der Waals surface area contributed by atoms with Crippen molar-refractivity contribution in [3.05, 3.63) is 29.8 Å². The summed E-state index contributed by atoms with van der Waals surface area (Å²) in [4.78, 5) is 21.2. The van der Waals surface area contributed by atoms with E-state index in [1.54, 1.807) is 10.0 Å². The molecule has 1 atom stereocenters. The zero-order valence-electron chi connectivity index (χ0n) is 11.8. The molecule has 0 heterocycles. The van der Waals surface area contributed by atoms with Gasteiger partial charge in [0.2, 0.25) is 15.9 Å². The monoisotopic (exact) mass is 372 g/mol.